The first-order chi connectivity index (χ1) is 18.9. The molecule has 1 aliphatic heterocycles. The standard InChI is InChI=1S/C32H42N4O3S/c1-23-8-14-28(15-9-23)40(38,39)36-18-17-35-16-6-7-29(35)30(36)21-31(37)33-27-13-12-25-19-24(10-11-26(25)20-27)22-34(5)32(2,3)4/h6-11,14-16,19,27,30H,12-13,17-18,20-22H2,1-5H3,(H,33,37). The van der Waals surface area contributed by atoms with Crippen LogP contribution in [0.1, 0.15) is 67.6 Å². The summed E-state index contributed by atoms with van der Waals surface area (Å²) in [7, 11) is -1.60. The second-order valence-corrected chi connectivity index (χ2v) is 14.3. The van der Waals surface area contributed by atoms with Crippen LogP contribution in [-0.4, -0.2) is 53.3 Å². The van der Waals surface area contributed by atoms with Crippen molar-refractivity contribution in [2.45, 2.75) is 89.0 Å². The highest BCUT2D eigenvalue weighted by molar-refractivity contribution is 7.89. The minimum absolute atomic E-state index is 0.0423. The molecular formula is C32H42N4O3S. The zero-order valence-electron chi connectivity index (χ0n) is 24.4. The summed E-state index contributed by atoms with van der Waals surface area (Å²) >= 11 is 0. The molecule has 214 valence electrons. The Labute approximate surface area is 239 Å². The molecule has 2 heterocycles. The maximum atomic E-state index is 13.7. The van der Waals surface area contributed by atoms with Gasteiger partial charge in [-0.15, -0.1) is 0 Å². The van der Waals surface area contributed by atoms with Crippen LogP contribution in [0, 0.1) is 6.92 Å². The number of amides is 1. The van der Waals surface area contributed by atoms with Crippen molar-refractivity contribution in [2.75, 3.05) is 13.6 Å². The van der Waals surface area contributed by atoms with Crippen molar-refractivity contribution in [1.29, 1.82) is 0 Å². The number of benzene rings is 2. The Kier molecular flexibility index (Phi) is 7.97. The second kappa shape index (κ2) is 11.1. The van der Waals surface area contributed by atoms with Crippen LogP contribution >= 0.6 is 0 Å². The molecule has 0 saturated carbocycles. The number of carbonyl (C=O) groups excluding carboxylic acids is 1. The molecule has 8 heteroatoms. The van der Waals surface area contributed by atoms with Crippen molar-refractivity contribution >= 4 is 15.9 Å². The molecule has 1 amide bonds. The fourth-order valence-corrected chi connectivity index (χ4v) is 7.38. The van der Waals surface area contributed by atoms with E-state index in [-0.39, 0.29) is 28.8 Å². The van der Waals surface area contributed by atoms with Crippen molar-refractivity contribution in [3.8, 4) is 0 Å². The Hall–Kier alpha value is -2.94. The van der Waals surface area contributed by atoms with Crippen LogP contribution < -0.4 is 5.32 Å². The molecular weight excluding hydrogens is 520 g/mol. The normalized spacial score (nSPS) is 19.8. The van der Waals surface area contributed by atoms with Gasteiger partial charge in [0, 0.05) is 49.5 Å². The Balaban J connectivity index is 1.28. The Bertz CT molecular complexity index is 1470. The van der Waals surface area contributed by atoms with Gasteiger partial charge in [0.25, 0.3) is 0 Å². The number of rotatable bonds is 7. The van der Waals surface area contributed by atoms with E-state index in [1.807, 2.05) is 37.4 Å². The van der Waals surface area contributed by atoms with Gasteiger partial charge in [-0.1, -0.05) is 35.9 Å². The molecule has 1 aliphatic carbocycles. The third-order valence-corrected chi connectivity index (χ3v) is 10.5. The van der Waals surface area contributed by atoms with E-state index < -0.39 is 16.1 Å². The lowest BCUT2D eigenvalue weighted by Gasteiger charge is -2.36. The van der Waals surface area contributed by atoms with E-state index >= 15 is 0 Å². The summed E-state index contributed by atoms with van der Waals surface area (Å²) in [4.78, 5) is 16.0. The second-order valence-electron chi connectivity index (χ2n) is 12.4. The third-order valence-electron chi connectivity index (χ3n) is 8.55. The van der Waals surface area contributed by atoms with Crippen molar-refractivity contribution < 1.29 is 13.2 Å². The van der Waals surface area contributed by atoms with Crippen molar-refractivity contribution in [3.63, 3.8) is 0 Å². The first-order valence-electron chi connectivity index (χ1n) is 14.3. The number of nitrogens with one attached hydrogen (secondary N) is 1. The average molecular weight is 563 g/mol. The number of aromatic nitrogens is 1. The number of nitrogens with zero attached hydrogens (tertiary/aromatic N) is 3. The first-order valence-corrected chi connectivity index (χ1v) is 15.7. The summed E-state index contributed by atoms with van der Waals surface area (Å²) in [5.41, 5.74) is 5.94. The molecule has 2 aromatic carbocycles. The minimum Gasteiger partial charge on any atom is -0.353 e. The maximum absolute atomic E-state index is 13.7. The van der Waals surface area contributed by atoms with Gasteiger partial charge in [0.2, 0.25) is 15.9 Å². The van der Waals surface area contributed by atoms with Gasteiger partial charge in [-0.3, -0.25) is 9.69 Å². The van der Waals surface area contributed by atoms with Crippen molar-refractivity contribution in [3.05, 3.63) is 88.7 Å². The van der Waals surface area contributed by atoms with E-state index in [9.17, 15) is 13.2 Å². The smallest absolute Gasteiger partial charge is 0.243 e. The van der Waals surface area contributed by atoms with Gasteiger partial charge in [0.05, 0.1) is 10.9 Å². The molecule has 0 bridgehead atoms. The molecule has 2 atom stereocenters. The van der Waals surface area contributed by atoms with Crippen molar-refractivity contribution in [2.24, 2.45) is 0 Å². The summed E-state index contributed by atoms with van der Waals surface area (Å²) in [6, 6.07) is 17.0. The number of hydrogen-bond acceptors (Lipinski definition) is 4. The van der Waals surface area contributed by atoms with Gasteiger partial charge in [-0.05, 0) is 95.0 Å². The molecule has 7 nitrogen and oxygen atoms in total. The van der Waals surface area contributed by atoms with Gasteiger partial charge < -0.3 is 9.88 Å². The van der Waals surface area contributed by atoms with E-state index in [1.165, 1.54) is 21.0 Å². The highest BCUT2D eigenvalue weighted by atomic mass is 32.2. The zero-order chi connectivity index (χ0) is 28.7. The van der Waals surface area contributed by atoms with Gasteiger partial charge in [-0.2, -0.15) is 4.31 Å². The van der Waals surface area contributed by atoms with Gasteiger partial charge in [0.1, 0.15) is 0 Å². The highest BCUT2D eigenvalue weighted by Gasteiger charge is 2.38. The molecule has 2 aliphatic rings. The molecule has 5 rings (SSSR count). The fourth-order valence-electron chi connectivity index (χ4n) is 5.79. The molecule has 1 N–H and O–H groups in total. The Morgan fingerprint density at radius 3 is 2.52 bits per heavy atom. The molecule has 0 saturated heterocycles. The molecule has 2 unspecified atom stereocenters. The Morgan fingerprint density at radius 1 is 1.05 bits per heavy atom. The van der Waals surface area contributed by atoms with E-state index in [2.05, 4.69) is 60.8 Å². The summed E-state index contributed by atoms with van der Waals surface area (Å²) < 4.78 is 30.9. The summed E-state index contributed by atoms with van der Waals surface area (Å²) in [5.74, 6) is -0.111. The molecule has 40 heavy (non-hydrogen) atoms. The molecule has 1 aromatic heterocycles. The number of hydrogen-bond donors (Lipinski definition) is 1. The summed E-state index contributed by atoms with van der Waals surface area (Å²) in [6.45, 7) is 10.4. The van der Waals surface area contributed by atoms with E-state index in [0.717, 1.165) is 37.1 Å². The SMILES string of the molecule is Cc1ccc(S(=O)(=O)N2CCn3cccc3C2CC(=O)NC2CCc3cc(CN(C)C(C)(C)C)ccc3C2)cc1. The van der Waals surface area contributed by atoms with E-state index in [0.29, 0.717) is 13.1 Å². The van der Waals surface area contributed by atoms with E-state index in [1.54, 1.807) is 12.1 Å². The Morgan fingerprint density at radius 2 is 1.80 bits per heavy atom. The quantitative estimate of drug-likeness (QED) is 0.447. The van der Waals surface area contributed by atoms with Gasteiger partial charge in [0.15, 0.2) is 0 Å². The zero-order valence-corrected chi connectivity index (χ0v) is 25.2. The van der Waals surface area contributed by atoms with Gasteiger partial charge in [-0.25, -0.2) is 8.42 Å². The lowest BCUT2D eigenvalue weighted by molar-refractivity contribution is -0.123. The predicted octanol–water partition coefficient (Wildman–Crippen LogP) is 4.84. The third kappa shape index (κ3) is 6.04. The monoisotopic (exact) mass is 562 g/mol. The van der Waals surface area contributed by atoms with Crippen LogP contribution in [0.3, 0.4) is 0 Å². The lowest BCUT2D eigenvalue weighted by atomic mass is 9.87. The maximum Gasteiger partial charge on any atom is 0.243 e. The lowest BCUT2D eigenvalue weighted by Crippen LogP contribution is -2.45. The van der Waals surface area contributed by atoms with E-state index in [4.69, 9.17) is 0 Å². The topological polar surface area (TPSA) is 74.6 Å². The van der Waals surface area contributed by atoms with Crippen LogP contribution in [-0.2, 0) is 40.7 Å². The van der Waals surface area contributed by atoms with Gasteiger partial charge >= 0.3 is 0 Å². The predicted molar refractivity (Wildman–Crippen MR) is 158 cm³/mol. The number of aryl methyl sites for hydroxylation is 2. The average Bonchev–Trinajstić information content (AvgIpc) is 3.38. The largest absolute Gasteiger partial charge is 0.353 e. The number of carbonyl (C=O) groups is 1. The number of sulfonamides is 1. The summed E-state index contributed by atoms with van der Waals surface area (Å²) in [6.07, 6.45) is 4.65. The van der Waals surface area contributed by atoms with Crippen molar-refractivity contribution in [1.82, 2.24) is 19.1 Å². The van der Waals surface area contributed by atoms with Crippen LogP contribution in [0.4, 0.5) is 0 Å². The highest BCUT2D eigenvalue weighted by Crippen LogP contribution is 2.34. The molecule has 3 aromatic rings. The van der Waals surface area contributed by atoms with Crippen LogP contribution in [0.15, 0.2) is 65.7 Å². The first kappa shape index (κ1) is 28.6. The van der Waals surface area contributed by atoms with Crippen LogP contribution in [0.2, 0.25) is 0 Å². The summed E-state index contributed by atoms with van der Waals surface area (Å²) in [5, 5.41) is 3.24. The molecule has 0 spiro atoms. The van der Waals surface area contributed by atoms with Crippen LogP contribution in [0.25, 0.3) is 0 Å². The fraction of sp³-hybridized carbons (Fsp3) is 0.469. The van der Waals surface area contributed by atoms with Crippen LogP contribution in [0.5, 0.6) is 0 Å². The molecule has 0 radical (unpaired) electrons. The molecule has 0 fully saturated rings. The number of fused-ring (bicyclic) bond motifs is 2. The minimum atomic E-state index is -3.75.